The monoisotopic (exact) mass is 413 g/mol. The number of likely N-dealkylation sites (N-methyl/N-ethyl adjacent to an activating group) is 1. The number of hydrogen-bond donors (Lipinski definition) is 2. The smallest absolute Gasteiger partial charge is 0.232 e. The van der Waals surface area contributed by atoms with Crippen LogP contribution in [0.15, 0.2) is 24.5 Å². The Balaban J connectivity index is 1.40. The molecule has 0 unspecified atom stereocenters. The summed E-state index contributed by atoms with van der Waals surface area (Å²) in [5.74, 6) is 1.86. The first-order valence-corrected chi connectivity index (χ1v) is 10.6. The van der Waals surface area contributed by atoms with Gasteiger partial charge in [0, 0.05) is 71.3 Å². The Bertz CT molecular complexity index is 777. The van der Waals surface area contributed by atoms with Gasteiger partial charge in [-0.25, -0.2) is 0 Å². The van der Waals surface area contributed by atoms with Crippen LogP contribution >= 0.6 is 0 Å². The predicted molar refractivity (Wildman–Crippen MR) is 117 cm³/mol. The van der Waals surface area contributed by atoms with Crippen molar-refractivity contribution < 1.29 is 4.74 Å². The average molecular weight is 414 g/mol. The molecular weight excluding hydrogens is 382 g/mol. The standard InChI is InChI=1S/C20H31N9O/c1-27-7-9-28(10-8-27)6-5-22-18-24-19(23-16-17-3-2-4-21-15-17)26-20(25-18)29-11-13-30-14-12-29/h2-4,15H,5-14,16H2,1H3,(H2,22,23,24,25,26). The summed E-state index contributed by atoms with van der Waals surface area (Å²) in [6.45, 7) is 9.79. The Morgan fingerprint density at radius 3 is 2.47 bits per heavy atom. The second-order valence-corrected chi connectivity index (χ2v) is 7.67. The molecule has 10 heteroatoms. The second kappa shape index (κ2) is 10.5. The number of pyridine rings is 1. The lowest BCUT2D eigenvalue weighted by atomic mass is 10.3. The number of morpholine rings is 1. The summed E-state index contributed by atoms with van der Waals surface area (Å²) in [6.07, 6.45) is 3.61. The van der Waals surface area contributed by atoms with Crippen LogP contribution in [0.25, 0.3) is 0 Å². The molecule has 0 spiro atoms. The minimum absolute atomic E-state index is 0.567. The van der Waals surface area contributed by atoms with Gasteiger partial charge < -0.3 is 25.2 Å². The molecule has 2 aliphatic heterocycles. The van der Waals surface area contributed by atoms with Crippen LogP contribution < -0.4 is 15.5 Å². The molecule has 2 aromatic heterocycles. The largest absolute Gasteiger partial charge is 0.378 e. The quantitative estimate of drug-likeness (QED) is 0.632. The maximum atomic E-state index is 5.47. The van der Waals surface area contributed by atoms with Gasteiger partial charge in [-0.15, -0.1) is 0 Å². The first-order valence-electron chi connectivity index (χ1n) is 10.6. The molecule has 4 heterocycles. The van der Waals surface area contributed by atoms with Gasteiger partial charge in [0.15, 0.2) is 0 Å². The number of aromatic nitrogens is 4. The van der Waals surface area contributed by atoms with Crippen LogP contribution in [0.1, 0.15) is 5.56 Å². The van der Waals surface area contributed by atoms with E-state index in [1.807, 2.05) is 18.3 Å². The maximum Gasteiger partial charge on any atom is 0.232 e. The Labute approximate surface area is 177 Å². The van der Waals surface area contributed by atoms with Crippen molar-refractivity contribution in [3.63, 3.8) is 0 Å². The zero-order chi connectivity index (χ0) is 20.6. The van der Waals surface area contributed by atoms with E-state index in [2.05, 4.69) is 52.3 Å². The van der Waals surface area contributed by atoms with Crippen molar-refractivity contribution in [2.75, 3.05) is 88.2 Å². The number of hydrogen-bond acceptors (Lipinski definition) is 10. The van der Waals surface area contributed by atoms with Gasteiger partial charge in [-0.1, -0.05) is 6.07 Å². The summed E-state index contributed by atoms with van der Waals surface area (Å²) < 4.78 is 5.47. The van der Waals surface area contributed by atoms with Crippen LogP contribution in [-0.2, 0) is 11.3 Å². The van der Waals surface area contributed by atoms with Crippen molar-refractivity contribution in [1.29, 1.82) is 0 Å². The Kier molecular flexibility index (Phi) is 7.22. The fourth-order valence-electron chi connectivity index (χ4n) is 3.51. The lowest BCUT2D eigenvalue weighted by molar-refractivity contribution is 0.122. The Morgan fingerprint density at radius 2 is 1.73 bits per heavy atom. The van der Waals surface area contributed by atoms with Gasteiger partial charge in [-0.3, -0.25) is 9.88 Å². The summed E-state index contributed by atoms with van der Waals surface area (Å²) >= 11 is 0. The van der Waals surface area contributed by atoms with Crippen molar-refractivity contribution >= 4 is 17.8 Å². The van der Waals surface area contributed by atoms with Gasteiger partial charge in [0.05, 0.1) is 13.2 Å². The van der Waals surface area contributed by atoms with Crippen LogP contribution in [0.5, 0.6) is 0 Å². The van der Waals surface area contributed by atoms with Crippen molar-refractivity contribution in [3.05, 3.63) is 30.1 Å². The van der Waals surface area contributed by atoms with Crippen molar-refractivity contribution in [2.24, 2.45) is 0 Å². The number of nitrogens with zero attached hydrogens (tertiary/aromatic N) is 7. The highest BCUT2D eigenvalue weighted by Gasteiger charge is 2.17. The molecule has 0 bridgehead atoms. The van der Waals surface area contributed by atoms with Crippen molar-refractivity contribution in [3.8, 4) is 0 Å². The van der Waals surface area contributed by atoms with Crippen LogP contribution in [-0.4, -0.2) is 102 Å². The van der Waals surface area contributed by atoms with E-state index in [1.54, 1.807) is 6.20 Å². The normalized spacial score (nSPS) is 18.4. The van der Waals surface area contributed by atoms with Crippen LogP contribution in [0.2, 0.25) is 0 Å². The molecule has 2 N–H and O–H groups in total. The molecule has 2 saturated heterocycles. The highest BCUT2D eigenvalue weighted by molar-refractivity contribution is 5.44. The predicted octanol–water partition coefficient (Wildman–Crippen LogP) is 0.375. The van der Waals surface area contributed by atoms with E-state index < -0.39 is 0 Å². The number of rotatable bonds is 8. The zero-order valence-electron chi connectivity index (χ0n) is 17.6. The zero-order valence-corrected chi connectivity index (χ0v) is 17.6. The topological polar surface area (TPSA) is 94.6 Å². The fourth-order valence-corrected chi connectivity index (χ4v) is 3.51. The molecule has 0 atom stereocenters. The summed E-state index contributed by atoms with van der Waals surface area (Å²) in [5.41, 5.74) is 1.08. The van der Waals surface area contributed by atoms with Gasteiger partial charge in [0.1, 0.15) is 0 Å². The van der Waals surface area contributed by atoms with E-state index >= 15 is 0 Å². The molecule has 30 heavy (non-hydrogen) atoms. The molecular formula is C20H31N9O. The van der Waals surface area contributed by atoms with E-state index in [9.17, 15) is 0 Å². The first kappa shape index (κ1) is 20.7. The molecule has 0 amide bonds. The molecule has 2 aliphatic rings. The number of anilines is 3. The molecule has 0 saturated carbocycles. The molecule has 162 valence electrons. The molecule has 2 aromatic rings. The lowest BCUT2D eigenvalue weighted by Gasteiger charge is -2.32. The molecule has 10 nitrogen and oxygen atoms in total. The molecule has 0 aliphatic carbocycles. The van der Waals surface area contributed by atoms with E-state index in [0.717, 1.165) is 57.9 Å². The second-order valence-electron chi connectivity index (χ2n) is 7.67. The minimum atomic E-state index is 0.567. The first-order chi connectivity index (χ1) is 14.8. The van der Waals surface area contributed by atoms with Gasteiger partial charge in [0.2, 0.25) is 17.8 Å². The molecule has 0 radical (unpaired) electrons. The highest BCUT2D eigenvalue weighted by Crippen LogP contribution is 2.15. The van der Waals surface area contributed by atoms with Gasteiger partial charge >= 0.3 is 0 Å². The summed E-state index contributed by atoms with van der Waals surface area (Å²) in [7, 11) is 2.17. The van der Waals surface area contributed by atoms with Gasteiger partial charge in [-0.05, 0) is 18.7 Å². The fraction of sp³-hybridized carbons (Fsp3) is 0.600. The number of piperazine rings is 1. The van der Waals surface area contributed by atoms with Crippen molar-refractivity contribution in [2.45, 2.75) is 6.54 Å². The van der Waals surface area contributed by atoms with E-state index in [1.165, 1.54) is 0 Å². The minimum Gasteiger partial charge on any atom is -0.378 e. The molecule has 0 aromatic carbocycles. The van der Waals surface area contributed by atoms with Crippen LogP contribution in [0.4, 0.5) is 17.8 Å². The third-order valence-corrected chi connectivity index (χ3v) is 5.40. The summed E-state index contributed by atoms with van der Waals surface area (Å²) in [4.78, 5) is 25.0. The van der Waals surface area contributed by atoms with Crippen LogP contribution in [0, 0.1) is 0 Å². The Hall–Kier alpha value is -2.56. The Morgan fingerprint density at radius 1 is 0.967 bits per heavy atom. The van der Waals surface area contributed by atoms with Crippen LogP contribution in [0.3, 0.4) is 0 Å². The molecule has 2 fully saturated rings. The maximum absolute atomic E-state index is 5.47. The van der Waals surface area contributed by atoms with E-state index in [-0.39, 0.29) is 0 Å². The van der Waals surface area contributed by atoms with Gasteiger partial charge in [-0.2, -0.15) is 15.0 Å². The highest BCUT2D eigenvalue weighted by atomic mass is 16.5. The number of nitrogens with one attached hydrogen (secondary N) is 2. The summed E-state index contributed by atoms with van der Waals surface area (Å²) in [5, 5.41) is 6.70. The molecule has 4 rings (SSSR count). The third kappa shape index (κ3) is 5.97. The average Bonchev–Trinajstić information content (AvgIpc) is 2.80. The third-order valence-electron chi connectivity index (χ3n) is 5.40. The van der Waals surface area contributed by atoms with Gasteiger partial charge in [0.25, 0.3) is 0 Å². The SMILES string of the molecule is CN1CCN(CCNc2nc(NCc3cccnc3)nc(N3CCOCC3)n2)CC1. The lowest BCUT2D eigenvalue weighted by Crippen LogP contribution is -2.45. The van der Waals surface area contributed by atoms with E-state index in [0.29, 0.717) is 37.6 Å². The number of ether oxygens (including phenoxy) is 1. The van der Waals surface area contributed by atoms with Crippen molar-refractivity contribution in [1.82, 2.24) is 29.7 Å². The summed E-state index contributed by atoms with van der Waals surface area (Å²) in [6, 6.07) is 3.95. The van der Waals surface area contributed by atoms with E-state index in [4.69, 9.17) is 4.74 Å².